The van der Waals surface area contributed by atoms with E-state index in [4.69, 9.17) is 0 Å². The monoisotopic (exact) mass is 264 g/mol. The van der Waals surface area contributed by atoms with Crippen LogP contribution >= 0.6 is 0 Å². The number of hydrogen-bond donors (Lipinski definition) is 1. The Kier molecular flexibility index (Phi) is 9.81. The molecule has 0 heterocycles. The number of carbonyl (C=O) groups is 1. The minimum atomic E-state index is 0.0113. The molecule has 19 heavy (non-hydrogen) atoms. The molecule has 1 aromatic carbocycles. The third kappa shape index (κ3) is 6.97. The molecule has 0 bridgehead atoms. The lowest BCUT2D eigenvalue weighted by molar-refractivity contribution is 0.0949. The second kappa shape index (κ2) is 10.6. The Hall–Kier alpha value is -1.35. The van der Waals surface area contributed by atoms with Crippen molar-refractivity contribution in [2.24, 2.45) is 0 Å². The van der Waals surface area contributed by atoms with E-state index in [2.05, 4.69) is 24.1 Å². The van der Waals surface area contributed by atoms with Crippen LogP contribution in [0.5, 0.6) is 0 Å². The van der Waals surface area contributed by atoms with Gasteiger partial charge in [0.25, 0.3) is 5.91 Å². The van der Waals surface area contributed by atoms with E-state index in [1.807, 2.05) is 45.0 Å². The van der Waals surface area contributed by atoms with Crippen LogP contribution in [0.2, 0.25) is 0 Å². The van der Waals surface area contributed by atoms with Gasteiger partial charge in [-0.25, -0.2) is 0 Å². The van der Waals surface area contributed by atoms with Gasteiger partial charge in [-0.2, -0.15) is 0 Å². The van der Waals surface area contributed by atoms with Crippen molar-refractivity contribution in [3.05, 3.63) is 35.4 Å². The smallest absolute Gasteiger partial charge is 0.251 e. The van der Waals surface area contributed by atoms with Gasteiger partial charge >= 0.3 is 0 Å². The van der Waals surface area contributed by atoms with Gasteiger partial charge in [0.05, 0.1) is 0 Å². The highest BCUT2D eigenvalue weighted by Gasteiger charge is 2.05. The Morgan fingerprint density at radius 3 is 2.11 bits per heavy atom. The molecule has 1 aromatic rings. The summed E-state index contributed by atoms with van der Waals surface area (Å²) in [7, 11) is 0. The first kappa shape index (κ1) is 17.6. The predicted octanol–water partition coefficient (Wildman–Crippen LogP) is 3.09. The first-order chi connectivity index (χ1) is 9.17. The number of amides is 1. The quantitative estimate of drug-likeness (QED) is 0.856. The zero-order valence-electron chi connectivity index (χ0n) is 13.0. The van der Waals surface area contributed by atoms with Crippen molar-refractivity contribution in [3.63, 3.8) is 0 Å². The van der Waals surface area contributed by atoms with Gasteiger partial charge in [0.1, 0.15) is 0 Å². The maximum Gasteiger partial charge on any atom is 0.251 e. The summed E-state index contributed by atoms with van der Waals surface area (Å²) >= 11 is 0. The van der Waals surface area contributed by atoms with E-state index >= 15 is 0 Å². The maximum atomic E-state index is 11.8. The fourth-order valence-corrected chi connectivity index (χ4v) is 1.67. The molecule has 0 unspecified atom stereocenters. The molecule has 0 saturated carbocycles. The average molecular weight is 264 g/mol. The first-order valence-corrected chi connectivity index (χ1v) is 7.24. The Labute approximate surface area is 118 Å². The normalized spacial score (nSPS) is 9.79. The summed E-state index contributed by atoms with van der Waals surface area (Å²) in [6.45, 7) is 13.9. The van der Waals surface area contributed by atoms with Crippen LogP contribution in [-0.2, 0) is 0 Å². The zero-order valence-corrected chi connectivity index (χ0v) is 13.0. The van der Waals surface area contributed by atoms with Crippen LogP contribution in [0.4, 0.5) is 0 Å². The molecule has 0 radical (unpaired) electrons. The van der Waals surface area contributed by atoms with Crippen LogP contribution < -0.4 is 5.32 Å². The summed E-state index contributed by atoms with van der Waals surface area (Å²) < 4.78 is 0. The fraction of sp³-hybridized carbons (Fsp3) is 0.562. The summed E-state index contributed by atoms with van der Waals surface area (Å²) in [4.78, 5) is 14.1. The topological polar surface area (TPSA) is 32.3 Å². The molecule has 0 aliphatic carbocycles. The molecule has 0 atom stereocenters. The van der Waals surface area contributed by atoms with Crippen LogP contribution in [0, 0.1) is 6.92 Å². The van der Waals surface area contributed by atoms with Gasteiger partial charge < -0.3 is 10.2 Å². The van der Waals surface area contributed by atoms with E-state index in [0.717, 1.165) is 25.2 Å². The van der Waals surface area contributed by atoms with Crippen LogP contribution in [0.25, 0.3) is 0 Å². The van der Waals surface area contributed by atoms with E-state index < -0.39 is 0 Å². The van der Waals surface area contributed by atoms with Gasteiger partial charge in [-0.15, -0.1) is 0 Å². The van der Waals surface area contributed by atoms with Gasteiger partial charge in [-0.1, -0.05) is 45.4 Å². The van der Waals surface area contributed by atoms with E-state index in [0.29, 0.717) is 6.54 Å². The summed E-state index contributed by atoms with van der Waals surface area (Å²) in [5, 5.41) is 2.94. The summed E-state index contributed by atoms with van der Waals surface area (Å²) in [5.41, 5.74) is 1.90. The van der Waals surface area contributed by atoms with E-state index in [1.54, 1.807) is 0 Å². The number of nitrogens with zero attached hydrogens (tertiary/aromatic N) is 1. The van der Waals surface area contributed by atoms with Crippen molar-refractivity contribution in [1.29, 1.82) is 0 Å². The highest BCUT2D eigenvalue weighted by atomic mass is 16.1. The van der Waals surface area contributed by atoms with Gasteiger partial charge in [0, 0.05) is 18.7 Å². The number of nitrogens with one attached hydrogen (secondary N) is 1. The lowest BCUT2D eigenvalue weighted by Crippen LogP contribution is -2.34. The predicted molar refractivity (Wildman–Crippen MR) is 82.6 cm³/mol. The SMILES string of the molecule is CC.CCN(CC)CCNC(=O)c1ccc(C)cc1. The van der Waals surface area contributed by atoms with Crippen LogP contribution in [-0.4, -0.2) is 37.0 Å². The van der Waals surface area contributed by atoms with Gasteiger partial charge in [0.15, 0.2) is 0 Å². The third-order valence-corrected chi connectivity index (χ3v) is 2.92. The third-order valence-electron chi connectivity index (χ3n) is 2.92. The van der Waals surface area contributed by atoms with Crippen LogP contribution in [0.1, 0.15) is 43.6 Å². The molecule has 0 aliphatic heterocycles. The van der Waals surface area contributed by atoms with Crippen molar-refractivity contribution in [2.75, 3.05) is 26.2 Å². The zero-order chi connectivity index (χ0) is 14.7. The standard InChI is InChI=1S/C14H22N2O.C2H6/c1-4-16(5-2)11-10-15-14(17)13-8-6-12(3)7-9-13;1-2/h6-9H,4-5,10-11H2,1-3H3,(H,15,17);1-2H3. The minimum absolute atomic E-state index is 0.0113. The number of rotatable bonds is 6. The minimum Gasteiger partial charge on any atom is -0.351 e. The molecule has 3 nitrogen and oxygen atoms in total. The summed E-state index contributed by atoms with van der Waals surface area (Å²) in [6.07, 6.45) is 0. The van der Waals surface area contributed by atoms with Gasteiger partial charge in [0.2, 0.25) is 0 Å². The molecule has 0 aromatic heterocycles. The molecule has 1 rings (SSSR count). The number of hydrogen-bond acceptors (Lipinski definition) is 2. The van der Waals surface area contributed by atoms with Gasteiger partial charge in [-0.3, -0.25) is 4.79 Å². The first-order valence-electron chi connectivity index (χ1n) is 7.24. The Morgan fingerprint density at radius 1 is 1.11 bits per heavy atom. The number of aryl methyl sites for hydroxylation is 1. The van der Waals surface area contributed by atoms with Crippen molar-refractivity contribution >= 4 is 5.91 Å². The van der Waals surface area contributed by atoms with Crippen LogP contribution in [0.3, 0.4) is 0 Å². The fourth-order valence-electron chi connectivity index (χ4n) is 1.67. The van der Waals surface area contributed by atoms with Crippen molar-refractivity contribution in [2.45, 2.75) is 34.6 Å². The highest BCUT2D eigenvalue weighted by Crippen LogP contribution is 2.02. The molecule has 0 aliphatic rings. The second-order valence-corrected chi connectivity index (χ2v) is 4.15. The van der Waals surface area contributed by atoms with Crippen molar-refractivity contribution < 1.29 is 4.79 Å². The largest absolute Gasteiger partial charge is 0.351 e. The Balaban J connectivity index is 0.00000154. The summed E-state index contributed by atoms with van der Waals surface area (Å²) in [6, 6.07) is 7.64. The Morgan fingerprint density at radius 2 is 1.63 bits per heavy atom. The molecule has 3 heteroatoms. The second-order valence-electron chi connectivity index (χ2n) is 4.15. The van der Waals surface area contributed by atoms with Crippen molar-refractivity contribution in [1.82, 2.24) is 10.2 Å². The molecule has 108 valence electrons. The molecule has 0 spiro atoms. The molecule has 1 N–H and O–H groups in total. The Bertz CT molecular complexity index is 342. The van der Waals surface area contributed by atoms with E-state index in [9.17, 15) is 4.79 Å². The van der Waals surface area contributed by atoms with Crippen LogP contribution in [0.15, 0.2) is 24.3 Å². The lowest BCUT2D eigenvalue weighted by atomic mass is 10.1. The maximum absolute atomic E-state index is 11.8. The molecular formula is C16H28N2O. The molecular weight excluding hydrogens is 236 g/mol. The average Bonchev–Trinajstić information content (AvgIpc) is 2.46. The molecule has 0 saturated heterocycles. The van der Waals surface area contributed by atoms with E-state index in [1.165, 1.54) is 5.56 Å². The highest BCUT2D eigenvalue weighted by molar-refractivity contribution is 5.94. The number of carbonyl (C=O) groups excluding carboxylic acids is 1. The van der Waals surface area contributed by atoms with E-state index in [-0.39, 0.29) is 5.91 Å². The summed E-state index contributed by atoms with van der Waals surface area (Å²) in [5.74, 6) is 0.0113. The molecule has 1 amide bonds. The van der Waals surface area contributed by atoms with Gasteiger partial charge in [-0.05, 0) is 32.1 Å². The number of benzene rings is 1. The lowest BCUT2D eigenvalue weighted by Gasteiger charge is -2.17. The number of likely N-dealkylation sites (N-methyl/N-ethyl adjacent to an activating group) is 1. The van der Waals surface area contributed by atoms with Crippen molar-refractivity contribution in [3.8, 4) is 0 Å². The molecule has 0 fully saturated rings.